The molecular formula is C12H10BrClN2O2S. The van der Waals surface area contributed by atoms with Crippen molar-refractivity contribution < 1.29 is 9.90 Å². The first-order valence-corrected chi connectivity index (χ1v) is 7.25. The van der Waals surface area contributed by atoms with Crippen molar-refractivity contribution in [2.24, 2.45) is 4.99 Å². The number of halogens is 2. The predicted molar refractivity (Wildman–Crippen MR) is 82.5 cm³/mol. The van der Waals surface area contributed by atoms with Crippen molar-refractivity contribution in [3.05, 3.63) is 32.1 Å². The molecule has 4 nitrogen and oxygen atoms in total. The Morgan fingerprint density at radius 3 is 2.79 bits per heavy atom. The minimum Gasteiger partial charge on any atom is -0.506 e. The molecule has 1 amide bonds. The van der Waals surface area contributed by atoms with Crippen LogP contribution in [0, 0.1) is 0 Å². The average molecular weight is 362 g/mol. The maximum atomic E-state index is 12.0. The maximum absolute atomic E-state index is 12.0. The second-order valence-corrected chi connectivity index (χ2v) is 6.14. The number of likely N-dealkylation sites (N-methyl/N-ethyl adjacent to an activating group) is 1. The van der Waals surface area contributed by atoms with Crippen molar-refractivity contribution in [3.8, 4) is 5.75 Å². The summed E-state index contributed by atoms with van der Waals surface area (Å²) >= 11 is 10.4. The van der Waals surface area contributed by atoms with Crippen molar-refractivity contribution in [2.45, 2.75) is 0 Å². The summed E-state index contributed by atoms with van der Waals surface area (Å²) < 4.78 is 0.732. The van der Waals surface area contributed by atoms with Crippen LogP contribution in [0.5, 0.6) is 5.75 Å². The van der Waals surface area contributed by atoms with E-state index in [1.165, 1.54) is 16.7 Å². The third-order valence-electron chi connectivity index (χ3n) is 2.54. The third-order valence-corrected chi connectivity index (χ3v) is 4.44. The van der Waals surface area contributed by atoms with E-state index in [1.54, 1.807) is 32.3 Å². The first kappa shape index (κ1) is 14.4. The van der Waals surface area contributed by atoms with E-state index >= 15 is 0 Å². The summed E-state index contributed by atoms with van der Waals surface area (Å²) in [6.07, 6.45) is 1.60. The first-order valence-electron chi connectivity index (χ1n) is 5.26. The van der Waals surface area contributed by atoms with Crippen LogP contribution in [0.15, 0.2) is 26.5 Å². The zero-order valence-corrected chi connectivity index (χ0v) is 13.3. The lowest BCUT2D eigenvalue weighted by molar-refractivity contribution is -0.121. The van der Waals surface area contributed by atoms with Gasteiger partial charge in [0.1, 0.15) is 5.75 Å². The van der Waals surface area contributed by atoms with Crippen LogP contribution in [0.25, 0.3) is 6.08 Å². The molecule has 0 aliphatic carbocycles. The Kier molecular flexibility index (Phi) is 4.23. The van der Waals surface area contributed by atoms with E-state index in [0.29, 0.717) is 15.6 Å². The molecule has 0 radical (unpaired) electrons. The molecule has 1 saturated heterocycles. The average Bonchev–Trinajstić information content (AvgIpc) is 2.63. The summed E-state index contributed by atoms with van der Waals surface area (Å²) in [5, 5.41) is 10.7. The van der Waals surface area contributed by atoms with Gasteiger partial charge < -0.3 is 5.11 Å². The van der Waals surface area contributed by atoms with Crippen LogP contribution in [-0.4, -0.2) is 35.2 Å². The van der Waals surface area contributed by atoms with Crippen LogP contribution < -0.4 is 0 Å². The fourth-order valence-corrected chi connectivity index (χ4v) is 3.34. The zero-order chi connectivity index (χ0) is 14.2. The standard InChI is InChI=1S/C12H10BrClN2O2S/c1-15-12-16(2)11(18)9(19-12)4-6-3-7(13)5-8(14)10(6)17/h3-5,17H,1-2H3/b9-4-,15-12?. The summed E-state index contributed by atoms with van der Waals surface area (Å²) in [7, 11) is 3.29. The van der Waals surface area contributed by atoms with Crippen molar-refractivity contribution in [2.75, 3.05) is 14.1 Å². The molecule has 1 aliphatic rings. The fraction of sp³-hybridized carbons (Fsp3) is 0.167. The van der Waals surface area contributed by atoms with Crippen LogP contribution in [0.1, 0.15) is 5.56 Å². The number of carbonyl (C=O) groups is 1. The zero-order valence-electron chi connectivity index (χ0n) is 10.1. The van der Waals surface area contributed by atoms with E-state index in [0.717, 1.165) is 4.47 Å². The maximum Gasteiger partial charge on any atom is 0.266 e. The molecule has 1 aromatic rings. The van der Waals surface area contributed by atoms with Gasteiger partial charge in [0.05, 0.1) is 9.93 Å². The van der Waals surface area contributed by atoms with E-state index in [4.69, 9.17) is 11.6 Å². The molecule has 100 valence electrons. The van der Waals surface area contributed by atoms with E-state index in [9.17, 15) is 9.90 Å². The van der Waals surface area contributed by atoms with Crippen molar-refractivity contribution >= 4 is 56.4 Å². The quantitative estimate of drug-likeness (QED) is 0.781. The second kappa shape index (κ2) is 5.56. The number of hydrogen-bond donors (Lipinski definition) is 1. The number of nitrogens with zero attached hydrogens (tertiary/aromatic N) is 2. The number of aromatic hydroxyl groups is 1. The van der Waals surface area contributed by atoms with Crippen molar-refractivity contribution in [1.29, 1.82) is 0 Å². The summed E-state index contributed by atoms with van der Waals surface area (Å²) in [6, 6.07) is 3.29. The minimum absolute atomic E-state index is 0.0460. The van der Waals surface area contributed by atoms with Gasteiger partial charge in [-0.1, -0.05) is 27.5 Å². The number of amides is 1. The number of rotatable bonds is 1. The molecule has 0 saturated carbocycles. The molecule has 1 aromatic carbocycles. The number of phenolic OH excluding ortho intramolecular Hbond substituents is 1. The number of amidine groups is 1. The van der Waals surface area contributed by atoms with Gasteiger partial charge in [0.15, 0.2) is 5.17 Å². The molecule has 0 unspecified atom stereocenters. The van der Waals surface area contributed by atoms with Gasteiger partial charge in [-0.3, -0.25) is 14.7 Å². The summed E-state index contributed by atoms with van der Waals surface area (Å²) in [5.74, 6) is -0.198. The van der Waals surface area contributed by atoms with Crippen LogP contribution in [0.3, 0.4) is 0 Å². The lowest BCUT2D eigenvalue weighted by atomic mass is 10.2. The van der Waals surface area contributed by atoms with E-state index in [1.807, 2.05) is 0 Å². The lowest BCUT2D eigenvalue weighted by Gasteiger charge is -2.05. The summed E-state index contributed by atoms with van der Waals surface area (Å²) in [6.45, 7) is 0. The predicted octanol–water partition coefficient (Wildman–Crippen LogP) is 3.34. The summed E-state index contributed by atoms with van der Waals surface area (Å²) in [5.41, 5.74) is 0.487. The highest BCUT2D eigenvalue weighted by Gasteiger charge is 2.30. The molecule has 0 spiro atoms. The van der Waals surface area contributed by atoms with E-state index < -0.39 is 0 Å². The largest absolute Gasteiger partial charge is 0.506 e. The Hall–Kier alpha value is -0.980. The van der Waals surface area contributed by atoms with Gasteiger partial charge in [0.25, 0.3) is 5.91 Å². The number of carbonyl (C=O) groups excluding carboxylic acids is 1. The lowest BCUT2D eigenvalue weighted by Crippen LogP contribution is -2.23. The monoisotopic (exact) mass is 360 g/mol. The molecule has 19 heavy (non-hydrogen) atoms. The van der Waals surface area contributed by atoms with Crippen LogP contribution >= 0.6 is 39.3 Å². The summed E-state index contributed by atoms with van der Waals surface area (Å²) in [4.78, 5) is 18.0. The van der Waals surface area contributed by atoms with Gasteiger partial charge in [-0.25, -0.2) is 0 Å². The normalized spacial score (nSPS) is 19.8. The molecule has 1 N–H and O–H groups in total. The number of benzene rings is 1. The number of hydrogen-bond acceptors (Lipinski definition) is 4. The Labute approximate surface area is 128 Å². The van der Waals surface area contributed by atoms with Crippen molar-refractivity contribution in [3.63, 3.8) is 0 Å². The molecule has 0 aromatic heterocycles. The molecule has 0 bridgehead atoms. The topological polar surface area (TPSA) is 52.9 Å². The highest BCUT2D eigenvalue weighted by Crippen LogP contribution is 2.36. The highest BCUT2D eigenvalue weighted by atomic mass is 79.9. The molecule has 7 heteroatoms. The molecule has 1 heterocycles. The van der Waals surface area contributed by atoms with Crippen LogP contribution in [0.2, 0.25) is 5.02 Å². The highest BCUT2D eigenvalue weighted by molar-refractivity contribution is 9.10. The Balaban J connectivity index is 2.46. The van der Waals surface area contributed by atoms with Crippen LogP contribution in [0.4, 0.5) is 0 Å². The van der Waals surface area contributed by atoms with Gasteiger partial charge in [-0.2, -0.15) is 0 Å². The molecule has 2 rings (SSSR count). The SMILES string of the molecule is CN=C1S/C(=C\c2cc(Br)cc(Cl)c2O)C(=O)N1C. The Morgan fingerprint density at radius 1 is 1.53 bits per heavy atom. The minimum atomic E-state index is -0.152. The van der Waals surface area contributed by atoms with E-state index in [2.05, 4.69) is 20.9 Å². The van der Waals surface area contributed by atoms with Gasteiger partial charge >= 0.3 is 0 Å². The Bertz CT molecular complexity index is 616. The number of thioether (sulfide) groups is 1. The fourth-order valence-electron chi connectivity index (χ4n) is 1.59. The number of aliphatic imine (C=N–C) groups is 1. The van der Waals surface area contributed by atoms with Gasteiger partial charge in [-0.15, -0.1) is 0 Å². The second-order valence-electron chi connectivity index (χ2n) is 3.81. The van der Waals surface area contributed by atoms with Crippen molar-refractivity contribution in [1.82, 2.24) is 4.90 Å². The van der Waals surface area contributed by atoms with Crippen LogP contribution in [-0.2, 0) is 4.79 Å². The van der Waals surface area contributed by atoms with Gasteiger partial charge in [0.2, 0.25) is 0 Å². The first-order chi connectivity index (χ1) is 8.93. The molecular weight excluding hydrogens is 352 g/mol. The third kappa shape index (κ3) is 2.80. The smallest absolute Gasteiger partial charge is 0.266 e. The molecule has 1 fully saturated rings. The molecule has 1 aliphatic heterocycles. The van der Waals surface area contributed by atoms with Gasteiger partial charge in [-0.05, 0) is 30.0 Å². The molecule has 0 atom stereocenters. The number of phenols is 1. The Morgan fingerprint density at radius 2 is 2.21 bits per heavy atom. The van der Waals surface area contributed by atoms with E-state index in [-0.39, 0.29) is 16.7 Å². The van der Waals surface area contributed by atoms with Gasteiger partial charge in [0, 0.05) is 24.1 Å².